The number of aromatic nitrogens is 4. The summed E-state index contributed by atoms with van der Waals surface area (Å²) in [5, 5.41) is 8.61. The van der Waals surface area contributed by atoms with Crippen molar-refractivity contribution in [2.24, 2.45) is 4.99 Å². The maximum Gasteiger partial charge on any atom is 0.131 e. The van der Waals surface area contributed by atoms with Crippen molar-refractivity contribution in [3.8, 4) is 24.1 Å². The van der Waals surface area contributed by atoms with Gasteiger partial charge >= 0.3 is 0 Å². The summed E-state index contributed by atoms with van der Waals surface area (Å²) in [5.41, 5.74) is 4.95. The van der Waals surface area contributed by atoms with Crippen molar-refractivity contribution in [1.29, 1.82) is 0 Å². The van der Waals surface area contributed by atoms with Crippen molar-refractivity contribution in [3.05, 3.63) is 53.3 Å². The summed E-state index contributed by atoms with van der Waals surface area (Å²) in [7, 11) is 2.20. The number of terminal acetylenes is 1. The predicted octanol–water partition coefficient (Wildman–Crippen LogP) is 6.44. The molecule has 34 heavy (non-hydrogen) atoms. The molecule has 0 aliphatic heterocycles. The monoisotopic (exact) mass is 477 g/mol. The van der Waals surface area contributed by atoms with Crippen LogP contribution < -0.4 is 5.49 Å². The van der Waals surface area contributed by atoms with Crippen LogP contribution in [0.5, 0.6) is 0 Å². The fraction of sp³-hybridized carbons (Fsp3) is 0.423. The van der Waals surface area contributed by atoms with Crippen LogP contribution in [-0.2, 0) is 0 Å². The van der Waals surface area contributed by atoms with Crippen molar-refractivity contribution >= 4 is 11.9 Å². The van der Waals surface area contributed by atoms with Crippen LogP contribution in [0.3, 0.4) is 0 Å². The normalized spacial score (nSPS) is 11.6. The van der Waals surface area contributed by atoms with E-state index in [2.05, 4.69) is 28.2 Å². The summed E-state index contributed by atoms with van der Waals surface area (Å²) < 4.78 is 38.7. The Bertz CT molecular complexity index is 1000. The van der Waals surface area contributed by atoms with Crippen molar-refractivity contribution in [1.82, 2.24) is 19.6 Å². The molecular weight excluding hydrogens is 439 g/mol. The van der Waals surface area contributed by atoms with E-state index < -0.39 is 12.8 Å². The summed E-state index contributed by atoms with van der Waals surface area (Å²) in [6.45, 7) is 10.9. The molecule has 2 rings (SSSR count). The van der Waals surface area contributed by atoms with Crippen molar-refractivity contribution in [2.45, 2.75) is 54.1 Å². The maximum absolute atomic E-state index is 13.3. The van der Waals surface area contributed by atoms with Crippen molar-refractivity contribution in [2.75, 3.05) is 20.9 Å². The molecule has 0 radical (unpaired) electrons. The molecule has 188 valence electrons. The van der Waals surface area contributed by atoms with E-state index >= 15 is 0 Å². The molecule has 0 fully saturated rings. The Morgan fingerprint density at radius 1 is 1.21 bits per heavy atom. The van der Waals surface area contributed by atoms with Gasteiger partial charge in [0, 0.05) is 25.0 Å². The zero-order valence-electron chi connectivity index (χ0n) is 21.6. The first-order chi connectivity index (χ1) is 16.4. The average Bonchev–Trinajstić information content (AvgIpc) is 3.23. The Labute approximate surface area is 202 Å². The molecule has 0 aromatic carbocycles. The molecule has 2 aromatic heterocycles. The number of halogens is 3. The minimum atomic E-state index is -1.04. The molecule has 2 heterocycles. The first-order valence-electron chi connectivity index (χ1n) is 10.9. The van der Waals surface area contributed by atoms with E-state index in [1.54, 1.807) is 30.1 Å². The summed E-state index contributed by atoms with van der Waals surface area (Å²) in [6.07, 6.45) is 16.0. The predicted molar refractivity (Wildman–Crippen MR) is 138 cm³/mol. The number of hydrogen-bond acceptors (Lipinski definition) is 3. The van der Waals surface area contributed by atoms with Crippen LogP contribution in [0.4, 0.5) is 13.2 Å². The van der Waals surface area contributed by atoms with Crippen molar-refractivity contribution in [3.63, 3.8) is 0 Å². The highest BCUT2D eigenvalue weighted by atomic mass is 19.1. The molecule has 0 saturated heterocycles. The molecule has 0 aliphatic carbocycles. The Morgan fingerprint density at radius 2 is 1.82 bits per heavy atom. The Kier molecular flexibility index (Phi) is 18.5. The summed E-state index contributed by atoms with van der Waals surface area (Å²) in [6, 6.07) is 3.80. The van der Waals surface area contributed by atoms with Gasteiger partial charge in [0.2, 0.25) is 0 Å². The number of rotatable bonds is 7. The molecule has 2 aromatic rings. The lowest BCUT2D eigenvalue weighted by Crippen LogP contribution is -2.15. The number of hydrogen-bond donors (Lipinski definition) is 0. The molecule has 0 saturated carbocycles. The second kappa shape index (κ2) is 19.2. The van der Waals surface area contributed by atoms with Gasteiger partial charge in [-0.1, -0.05) is 30.7 Å². The van der Waals surface area contributed by atoms with Gasteiger partial charge in [-0.3, -0.25) is 13.8 Å². The minimum Gasteiger partial charge on any atom is -0.309 e. The smallest absolute Gasteiger partial charge is 0.131 e. The third-order valence-corrected chi connectivity index (χ3v) is 4.15. The van der Waals surface area contributed by atoms with E-state index in [0.29, 0.717) is 13.6 Å². The second-order valence-corrected chi connectivity index (χ2v) is 6.63. The van der Waals surface area contributed by atoms with E-state index in [1.165, 1.54) is 13.0 Å². The lowest BCUT2D eigenvalue weighted by atomic mass is 10.1. The van der Waals surface area contributed by atoms with E-state index in [0.717, 1.165) is 33.7 Å². The fourth-order valence-electron chi connectivity index (χ4n) is 2.71. The molecule has 1 atom stereocenters. The topological polar surface area (TPSA) is 48.0 Å². The van der Waals surface area contributed by atoms with E-state index in [1.807, 2.05) is 57.5 Å². The zero-order valence-corrected chi connectivity index (χ0v) is 21.6. The fourth-order valence-corrected chi connectivity index (χ4v) is 2.71. The highest BCUT2D eigenvalue weighted by molar-refractivity contribution is 5.66. The first-order valence-corrected chi connectivity index (χ1v) is 10.9. The average molecular weight is 478 g/mol. The summed E-state index contributed by atoms with van der Waals surface area (Å²) in [5.74, 6) is 0. The Balaban J connectivity index is 0. The number of nitrogens with zero attached hydrogens (tertiary/aromatic N) is 5. The molecule has 0 amide bonds. The van der Waals surface area contributed by atoms with Gasteiger partial charge in [0.25, 0.3) is 0 Å². The molecule has 1 unspecified atom stereocenters. The Hall–Kier alpha value is -3.34. The lowest BCUT2D eigenvalue weighted by Gasteiger charge is -2.09. The molecule has 0 aliphatic rings. The maximum atomic E-state index is 13.3. The van der Waals surface area contributed by atoms with E-state index in [-0.39, 0.29) is 0 Å². The highest BCUT2D eigenvalue weighted by Crippen LogP contribution is 2.23. The van der Waals surface area contributed by atoms with Crippen LogP contribution in [0.15, 0.2) is 47.1 Å². The van der Waals surface area contributed by atoms with E-state index in [9.17, 15) is 13.2 Å². The third-order valence-electron chi connectivity index (χ3n) is 4.15. The van der Waals surface area contributed by atoms with Crippen LogP contribution in [0, 0.1) is 19.8 Å². The van der Waals surface area contributed by atoms with Crippen LogP contribution >= 0.6 is 0 Å². The standard InChI is InChI=1S/C21H27F2N5.C2H6.C2H2.CH3F/c1-15(2)19(10-8-16(3)23)28-17(4)21(25-26-28)18-9-11-20(24-5)27(14-18)13-7-6-12-22;3*1-2/h7-11,13-14,16H,6,12H2,1-5H3;1-2H3;1-2H;1H3/b10-8-,13-7+,24-20?;;;. The van der Waals surface area contributed by atoms with Gasteiger partial charge in [0.1, 0.15) is 17.4 Å². The van der Waals surface area contributed by atoms with Gasteiger partial charge in [0.05, 0.1) is 25.2 Å². The van der Waals surface area contributed by atoms with Crippen LogP contribution in [0.2, 0.25) is 0 Å². The number of pyridine rings is 1. The summed E-state index contributed by atoms with van der Waals surface area (Å²) >= 11 is 0. The number of alkyl halides is 3. The van der Waals surface area contributed by atoms with Gasteiger partial charge in [0.15, 0.2) is 0 Å². The lowest BCUT2D eigenvalue weighted by molar-refractivity contribution is 0.430. The molecule has 8 heteroatoms. The van der Waals surface area contributed by atoms with Gasteiger partial charge in [-0.05, 0) is 58.4 Å². The van der Waals surface area contributed by atoms with Gasteiger partial charge < -0.3 is 4.57 Å². The Morgan fingerprint density at radius 3 is 2.32 bits per heavy atom. The van der Waals surface area contributed by atoms with Gasteiger partial charge in [-0.15, -0.1) is 17.9 Å². The second-order valence-electron chi connectivity index (χ2n) is 6.63. The first kappa shape index (κ1) is 32.8. The summed E-state index contributed by atoms with van der Waals surface area (Å²) in [4.78, 5) is 4.23. The zero-order chi connectivity index (χ0) is 26.7. The molecular formula is C26H38F3N5. The molecule has 0 spiro atoms. The van der Waals surface area contributed by atoms with Crippen molar-refractivity contribution < 1.29 is 13.2 Å². The minimum absolute atomic E-state index is 0.346. The third kappa shape index (κ3) is 10.1. The van der Waals surface area contributed by atoms with Crippen LogP contribution in [0.1, 0.15) is 46.7 Å². The molecule has 5 nitrogen and oxygen atoms in total. The largest absolute Gasteiger partial charge is 0.309 e. The van der Waals surface area contributed by atoms with Gasteiger partial charge in [-0.2, -0.15) is 0 Å². The van der Waals surface area contributed by atoms with E-state index in [4.69, 9.17) is 0 Å². The van der Waals surface area contributed by atoms with Crippen LogP contribution in [-0.4, -0.2) is 46.6 Å². The quantitative estimate of drug-likeness (QED) is 0.340. The SMILES string of the molecule is C#C.CC.CF.CN=c1ccc(-c2nnn(C(/C=C\C(C)F)=C(C)C)c2C)cn1/C=C/CCF. The highest BCUT2D eigenvalue weighted by Gasteiger charge is 2.14. The number of allylic oxidation sites excluding steroid dienone is 5. The van der Waals surface area contributed by atoms with Crippen LogP contribution in [0.25, 0.3) is 23.2 Å². The molecule has 0 N–H and O–H groups in total. The molecule has 0 bridgehead atoms. The van der Waals surface area contributed by atoms with Gasteiger partial charge in [-0.25, -0.2) is 9.07 Å².